The van der Waals surface area contributed by atoms with Crippen molar-refractivity contribution in [2.75, 3.05) is 11.9 Å². The number of benzene rings is 1. The van der Waals surface area contributed by atoms with Gasteiger partial charge in [-0.1, -0.05) is 12.5 Å². The molecule has 2 aliphatic carbocycles. The van der Waals surface area contributed by atoms with Gasteiger partial charge < -0.3 is 10.4 Å². The molecule has 2 fully saturated rings. The maximum absolute atomic E-state index is 11.3. The van der Waals surface area contributed by atoms with E-state index in [0.29, 0.717) is 10.0 Å². The van der Waals surface area contributed by atoms with Crippen molar-refractivity contribution in [2.45, 2.75) is 25.7 Å². The number of hydrogen-bond acceptors (Lipinski definition) is 2. The third-order valence-corrected chi connectivity index (χ3v) is 5.33. The molecule has 0 amide bonds. The molecule has 1 aromatic carbocycles. The fourth-order valence-corrected chi connectivity index (χ4v) is 4.29. The minimum absolute atomic E-state index is 0.339. The Hall–Kier alpha value is -1.03. The second-order valence-electron chi connectivity index (χ2n) is 5.78. The van der Waals surface area contributed by atoms with Crippen LogP contribution in [-0.4, -0.2) is 17.6 Å². The van der Waals surface area contributed by atoms with Gasteiger partial charge >= 0.3 is 5.97 Å². The maximum atomic E-state index is 11.3. The van der Waals surface area contributed by atoms with Gasteiger partial charge in [0.2, 0.25) is 0 Å². The predicted molar refractivity (Wildman–Crippen MR) is 78.5 cm³/mol. The van der Waals surface area contributed by atoms with E-state index in [1.54, 1.807) is 6.07 Å². The summed E-state index contributed by atoms with van der Waals surface area (Å²) in [7, 11) is 0. The molecule has 0 heterocycles. The summed E-state index contributed by atoms with van der Waals surface area (Å²) in [6.07, 6.45) is 5.46. The van der Waals surface area contributed by atoms with Crippen molar-refractivity contribution in [3.63, 3.8) is 0 Å². The smallest absolute Gasteiger partial charge is 0.338 e. The number of hydrogen-bond donors (Lipinski definition) is 2. The Morgan fingerprint density at radius 1 is 1.37 bits per heavy atom. The van der Waals surface area contributed by atoms with Crippen molar-refractivity contribution in [1.82, 2.24) is 0 Å². The Bertz CT molecular complexity index is 503. The third-order valence-electron chi connectivity index (χ3n) is 4.67. The summed E-state index contributed by atoms with van der Waals surface area (Å²) in [5.74, 6) is 1.62. The van der Waals surface area contributed by atoms with E-state index in [0.717, 1.165) is 30.0 Å². The lowest BCUT2D eigenvalue weighted by atomic mass is 9.89. The molecule has 1 aromatic rings. The van der Waals surface area contributed by atoms with Crippen LogP contribution in [0.4, 0.5) is 5.69 Å². The molecule has 19 heavy (non-hydrogen) atoms. The Morgan fingerprint density at radius 2 is 2.21 bits per heavy atom. The molecule has 0 aliphatic heterocycles. The normalized spacial score (nSPS) is 28.6. The second-order valence-corrected chi connectivity index (χ2v) is 6.64. The van der Waals surface area contributed by atoms with Gasteiger partial charge in [0, 0.05) is 16.7 Å². The zero-order chi connectivity index (χ0) is 13.4. The minimum Gasteiger partial charge on any atom is -0.478 e. The number of aromatic carboxylic acids is 1. The highest BCUT2D eigenvalue weighted by atomic mass is 79.9. The van der Waals surface area contributed by atoms with Crippen molar-refractivity contribution in [3.8, 4) is 0 Å². The number of fused-ring (bicyclic) bond motifs is 2. The zero-order valence-corrected chi connectivity index (χ0v) is 12.3. The summed E-state index contributed by atoms with van der Waals surface area (Å²) in [4.78, 5) is 11.3. The summed E-state index contributed by atoms with van der Waals surface area (Å²) >= 11 is 3.31. The third kappa shape index (κ3) is 2.50. The molecule has 0 radical (unpaired) electrons. The Labute approximate surface area is 121 Å². The van der Waals surface area contributed by atoms with Crippen molar-refractivity contribution in [2.24, 2.45) is 17.8 Å². The van der Waals surface area contributed by atoms with E-state index in [1.165, 1.54) is 25.7 Å². The number of carboxylic acids is 1. The van der Waals surface area contributed by atoms with E-state index in [9.17, 15) is 9.90 Å². The lowest BCUT2D eigenvalue weighted by Gasteiger charge is -2.23. The number of rotatable bonds is 4. The van der Waals surface area contributed by atoms with Crippen LogP contribution in [0, 0.1) is 17.8 Å². The van der Waals surface area contributed by atoms with Crippen molar-refractivity contribution in [3.05, 3.63) is 28.2 Å². The topological polar surface area (TPSA) is 49.3 Å². The SMILES string of the molecule is O=C(O)c1c(Br)cccc1NCC1CC2CCC1C2. The van der Waals surface area contributed by atoms with E-state index in [1.807, 2.05) is 12.1 Å². The molecule has 2 N–H and O–H groups in total. The predicted octanol–water partition coefficient (Wildman–Crippen LogP) is 4.00. The van der Waals surface area contributed by atoms with Crippen LogP contribution in [0.25, 0.3) is 0 Å². The summed E-state index contributed by atoms with van der Waals surface area (Å²) in [6.45, 7) is 0.901. The van der Waals surface area contributed by atoms with Crippen molar-refractivity contribution < 1.29 is 9.90 Å². The first kappa shape index (κ1) is 13.0. The highest BCUT2D eigenvalue weighted by molar-refractivity contribution is 9.10. The number of anilines is 1. The largest absolute Gasteiger partial charge is 0.478 e. The fourth-order valence-electron chi connectivity index (χ4n) is 3.76. The molecule has 2 saturated carbocycles. The van der Waals surface area contributed by atoms with Crippen LogP contribution in [0.1, 0.15) is 36.0 Å². The fraction of sp³-hybridized carbons (Fsp3) is 0.533. The molecule has 3 unspecified atom stereocenters. The summed E-state index contributed by atoms with van der Waals surface area (Å²) in [5, 5.41) is 12.6. The average molecular weight is 324 g/mol. The Balaban J connectivity index is 1.70. The number of carbonyl (C=O) groups is 1. The average Bonchev–Trinajstić information content (AvgIpc) is 2.97. The second kappa shape index (κ2) is 5.16. The summed E-state index contributed by atoms with van der Waals surface area (Å²) < 4.78 is 0.637. The molecule has 3 nitrogen and oxygen atoms in total. The first-order valence-corrected chi connectivity index (χ1v) is 7.70. The van der Waals surface area contributed by atoms with Crippen LogP contribution in [0.15, 0.2) is 22.7 Å². The molecule has 102 valence electrons. The molecule has 3 rings (SSSR count). The van der Waals surface area contributed by atoms with Gasteiger partial charge in [0.05, 0.1) is 5.56 Å². The zero-order valence-electron chi connectivity index (χ0n) is 10.7. The van der Waals surface area contributed by atoms with Crippen LogP contribution in [-0.2, 0) is 0 Å². The van der Waals surface area contributed by atoms with Gasteiger partial charge in [-0.05, 0) is 65.1 Å². The van der Waals surface area contributed by atoms with Gasteiger partial charge in [-0.25, -0.2) is 4.79 Å². The lowest BCUT2D eigenvalue weighted by Crippen LogP contribution is -2.21. The first-order chi connectivity index (χ1) is 9.15. The molecule has 3 atom stereocenters. The number of nitrogens with one attached hydrogen (secondary N) is 1. The molecule has 0 saturated heterocycles. The van der Waals surface area contributed by atoms with Gasteiger partial charge in [0.1, 0.15) is 0 Å². The summed E-state index contributed by atoms with van der Waals surface area (Å²) in [6, 6.07) is 5.49. The maximum Gasteiger partial charge on any atom is 0.338 e. The standard InChI is InChI=1S/C15H18BrNO2/c16-12-2-1-3-13(14(12)15(18)19)17-8-11-7-9-4-5-10(11)6-9/h1-3,9-11,17H,4-8H2,(H,18,19). The van der Waals surface area contributed by atoms with Gasteiger partial charge in [-0.2, -0.15) is 0 Å². The first-order valence-electron chi connectivity index (χ1n) is 6.91. The quantitative estimate of drug-likeness (QED) is 0.880. The molecule has 0 spiro atoms. The van der Waals surface area contributed by atoms with Gasteiger partial charge in [-0.15, -0.1) is 0 Å². The highest BCUT2D eigenvalue weighted by Gasteiger charge is 2.39. The van der Waals surface area contributed by atoms with Crippen LogP contribution >= 0.6 is 15.9 Å². The van der Waals surface area contributed by atoms with E-state index in [2.05, 4.69) is 21.2 Å². The highest BCUT2D eigenvalue weighted by Crippen LogP contribution is 2.48. The molecule has 4 heteroatoms. The van der Waals surface area contributed by atoms with Crippen molar-refractivity contribution >= 4 is 27.6 Å². The lowest BCUT2D eigenvalue weighted by molar-refractivity contribution is 0.0697. The van der Waals surface area contributed by atoms with Crippen LogP contribution in [0.5, 0.6) is 0 Å². The monoisotopic (exact) mass is 323 g/mol. The molecule has 2 aliphatic rings. The summed E-state index contributed by atoms with van der Waals surface area (Å²) in [5.41, 5.74) is 1.07. The van der Waals surface area contributed by atoms with Crippen molar-refractivity contribution in [1.29, 1.82) is 0 Å². The van der Waals surface area contributed by atoms with Crippen LogP contribution in [0.2, 0.25) is 0 Å². The molecular formula is C15H18BrNO2. The van der Waals surface area contributed by atoms with Crippen LogP contribution in [0.3, 0.4) is 0 Å². The molecular weight excluding hydrogens is 306 g/mol. The van der Waals surface area contributed by atoms with E-state index < -0.39 is 5.97 Å². The Kier molecular flexibility index (Phi) is 3.52. The van der Waals surface area contributed by atoms with Gasteiger partial charge in [0.25, 0.3) is 0 Å². The minimum atomic E-state index is -0.886. The van der Waals surface area contributed by atoms with Gasteiger partial charge in [-0.3, -0.25) is 0 Å². The number of carboxylic acid groups (broad SMARTS) is 1. The van der Waals surface area contributed by atoms with E-state index in [-0.39, 0.29) is 0 Å². The van der Waals surface area contributed by atoms with E-state index in [4.69, 9.17) is 0 Å². The van der Waals surface area contributed by atoms with E-state index >= 15 is 0 Å². The molecule has 0 aromatic heterocycles. The Morgan fingerprint density at radius 3 is 2.84 bits per heavy atom. The van der Waals surface area contributed by atoms with Crippen LogP contribution < -0.4 is 5.32 Å². The molecule has 2 bridgehead atoms. The number of halogens is 1. The van der Waals surface area contributed by atoms with Gasteiger partial charge in [0.15, 0.2) is 0 Å².